The summed E-state index contributed by atoms with van der Waals surface area (Å²) in [7, 11) is 0. The van der Waals surface area contributed by atoms with Crippen LogP contribution in [0.15, 0.2) is 18.2 Å². The smallest absolute Gasteiger partial charge is 1.00 e. The van der Waals surface area contributed by atoms with E-state index < -0.39 is 0 Å². The van der Waals surface area contributed by atoms with Gasteiger partial charge in [-0.05, 0) is 0 Å². The van der Waals surface area contributed by atoms with Crippen LogP contribution >= 0.6 is 0 Å². The monoisotopic (exact) mass is 264 g/mol. The molecule has 0 saturated carbocycles. The van der Waals surface area contributed by atoms with Crippen LogP contribution in [-0.4, -0.2) is 23.1 Å². The van der Waals surface area contributed by atoms with Crippen LogP contribution < -0.4 is 17.0 Å². The first kappa shape index (κ1) is 16.9. The maximum absolute atomic E-state index is 3.19. The fraction of sp³-hybridized carbons (Fsp3) is 0.500. The third-order valence-corrected chi connectivity index (χ3v) is 2.17. The van der Waals surface area contributed by atoms with Crippen molar-refractivity contribution in [3.8, 4) is 0 Å². The van der Waals surface area contributed by atoms with E-state index in [2.05, 4.69) is 52.0 Å². The molecular formula is C12H17BrMg. The normalized spacial score (nSPS) is 9.57. The van der Waals surface area contributed by atoms with Crippen molar-refractivity contribution >= 4 is 23.1 Å². The molecule has 1 aromatic carbocycles. The molecule has 0 amide bonds. The van der Waals surface area contributed by atoms with Crippen LogP contribution in [0.25, 0.3) is 0 Å². The Morgan fingerprint density at radius 1 is 0.929 bits per heavy atom. The molecule has 0 aromatic heterocycles. The summed E-state index contributed by atoms with van der Waals surface area (Å²) < 4.78 is 0. The molecular weight excluding hydrogens is 248 g/mol. The first-order valence-corrected chi connectivity index (χ1v) is 4.62. The first-order chi connectivity index (χ1) is 5.61. The Labute approximate surface area is 114 Å². The standard InChI is InChI=1S/C12H17.BrH.Mg/c1-9(2)11-6-5-7-12(8-11)10(3)4;;/h6-10H,1-4H3;1H;/q-1;;+2/p-1. The summed E-state index contributed by atoms with van der Waals surface area (Å²) in [5, 5.41) is 0. The van der Waals surface area contributed by atoms with Gasteiger partial charge >= 0.3 is 23.1 Å². The summed E-state index contributed by atoms with van der Waals surface area (Å²) in [6.07, 6.45) is 0. The van der Waals surface area contributed by atoms with Crippen molar-refractivity contribution in [2.24, 2.45) is 0 Å². The van der Waals surface area contributed by atoms with Crippen LogP contribution in [0.1, 0.15) is 50.7 Å². The van der Waals surface area contributed by atoms with Gasteiger partial charge in [0.1, 0.15) is 0 Å². The molecule has 0 nitrogen and oxygen atoms in total. The van der Waals surface area contributed by atoms with Crippen LogP contribution in [0.4, 0.5) is 0 Å². The fourth-order valence-electron chi connectivity index (χ4n) is 1.18. The predicted molar refractivity (Wildman–Crippen MR) is 59.2 cm³/mol. The van der Waals surface area contributed by atoms with Gasteiger partial charge in [0.2, 0.25) is 0 Å². The van der Waals surface area contributed by atoms with Gasteiger partial charge in [-0.2, -0.15) is 35.4 Å². The molecule has 2 heteroatoms. The number of hydrogen-bond donors (Lipinski definition) is 0. The zero-order valence-corrected chi connectivity index (χ0v) is 12.5. The summed E-state index contributed by atoms with van der Waals surface area (Å²) in [5.41, 5.74) is 2.78. The summed E-state index contributed by atoms with van der Waals surface area (Å²) in [4.78, 5) is 0. The van der Waals surface area contributed by atoms with Gasteiger partial charge in [0.15, 0.2) is 0 Å². The number of benzene rings is 1. The van der Waals surface area contributed by atoms with Gasteiger partial charge in [-0.25, -0.2) is 0 Å². The van der Waals surface area contributed by atoms with E-state index in [1.54, 1.807) is 0 Å². The third-order valence-electron chi connectivity index (χ3n) is 2.17. The van der Waals surface area contributed by atoms with Gasteiger partial charge in [-0.15, -0.1) is 0 Å². The van der Waals surface area contributed by atoms with E-state index in [4.69, 9.17) is 0 Å². The van der Waals surface area contributed by atoms with E-state index in [9.17, 15) is 0 Å². The fourth-order valence-corrected chi connectivity index (χ4v) is 1.18. The molecule has 0 heterocycles. The van der Waals surface area contributed by atoms with Crippen LogP contribution in [0.2, 0.25) is 0 Å². The Kier molecular flexibility index (Phi) is 9.31. The van der Waals surface area contributed by atoms with Crippen molar-refractivity contribution in [3.05, 3.63) is 35.4 Å². The van der Waals surface area contributed by atoms with Crippen LogP contribution in [0.5, 0.6) is 0 Å². The van der Waals surface area contributed by atoms with E-state index in [1.807, 2.05) is 0 Å². The van der Waals surface area contributed by atoms with E-state index in [0.717, 1.165) is 0 Å². The van der Waals surface area contributed by atoms with E-state index in [1.165, 1.54) is 11.1 Å². The van der Waals surface area contributed by atoms with Crippen molar-refractivity contribution < 1.29 is 17.0 Å². The zero-order chi connectivity index (χ0) is 9.14. The molecule has 1 aromatic rings. The van der Waals surface area contributed by atoms with Crippen molar-refractivity contribution in [3.63, 3.8) is 0 Å². The summed E-state index contributed by atoms with van der Waals surface area (Å²) in [5.74, 6) is 1.22. The van der Waals surface area contributed by atoms with Crippen molar-refractivity contribution in [1.29, 1.82) is 0 Å². The molecule has 0 atom stereocenters. The summed E-state index contributed by atoms with van der Waals surface area (Å²) >= 11 is 0. The molecule has 0 fully saturated rings. The van der Waals surface area contributed by atoms with Crippen LogP contribution in [-0.2, 0) is 0 Å². The molecule has 0 bridgehead atoms. The molecule has 1 rings (SSSR count). The second-order valence-electron chi connectivity index (χ2n) is 3.91. The number of hydrogen-bond acceptors (Lipinski definition) is 0. The second kappa shape index (κ2) is 7.72. The molecule has 0 aliphatic rings. The van der Waals surface area contributed by atoms with Gasteiger partial charge in [-0.1, -0.05) is 39.5 Å². The Hall–Kier alpha value is 0.466. The van der Waals surface area contributed by atoms with Gasteiger partial charge in [0.05, 0.1) is 0 Å². The van der Waals surface area contributed by atoms with Gasteiger partial charge in [-0.3, -0.25) is 0 Å². The predicted octanol–water partition coefficient (Wildman–Crippen LogP) is 0.357. The van der Waals surface area contributed by atoms with E-state index >= 15 is 0 Å². The third kappa shape index (κ3) is 4.81. The number of halogens is 1. The van der Waals surface area contributed by atoms with Crippen LogP contribution in [0.3, 0.4) is 0 Å². The van der Waals surface area contributed by atoms with Gasteiger partial charge in [0.25, 0.3) is 0 Å². The Bertz CT molecular complexity index is 233. The molecule has 0 radical (unpaired) electrons. The molecule has 0 aliphatic carbocycles. The topological polar surface area (TPSA) is 0 Å². The quantitative estimate of drug-likeness (QED) is 0.535. The average molecular weight is 265 g/mol. The molecule has 0 N–H and O–H groups in total. The molecule has 0 spiro atoms. The SMILES string of the molecule is CC(C)c1c[c-]cc(C(C)C)c1.[Br-].[Mg+2]. The van der Waals surface area contributed by atoms with Crippen molar-refractivity contribution in [2.45, 2.75) is 39.5 Å². The maximum atomic E-state index is 3.19. The van der Waals surface area contributed by atoms with E-state index in [0.29, 0.717) is 11.8 Å². The minimum absolute atomic E-state index is 0. The summed E-state index contributed by atoms with van der Waals surface area (Å²) in [6, 6.07) is 9.64. The molecule has 0 unspecified atom stereocenters. The molecule has 0 aliphatic heterocycles. The largest absolute Gasteiger partial charge is 2.00 e. The van der Waals surface area contributed by atoms with Gasteiger partial charge in [0, 0.05) is 0 Å². The number of rotatable bonds is 2. The van der Waals surface area contributed by atoms with Crippen molar-refractivity contribution in [1.82, 2.24) is 0 Å². The Balaban J connectivity index is 0. The second-order valence-corrected chi connectivity index (χ2v) is 3.91. The minimum atomic E-state index is 0. The maximum Gasteiger partial charge on any atom is 2.00 e. The first-order valence-electron chi connectivity index (χ1n) is 4.62. The zero-order valence-electron chi connectivity index (χ0n) is 9.47. The van der Waals surface area contributed by atoms with Crippen molar-refractivity contribution in [2.75, 3.05) is 0 Å². The minimum Gasteiger partial charge on any atom is -1.00 e. The van der Waals surface area contributed by atoms with Gasteiger partial charge < -0.3 is 17.0 Å². The van der Waals surface area contributed by atoms with Crippen LogP contribution in [0, 0.1) is 6.07 Å². The Morgan fingerprint density at radius 3 is 1.57 bits per heavy atom. The molecule has 14 heavy (non-hydrogen) atoms. The average Bonchev–Trinajstić information content (AvgIpc) is 2.04. The van der Waals surface area contributed by atoms with E-state index in [-0.39, 0.29) is 40.0 Å². The molecule has 74 valence electrons. The molecule has 0 saturated heterocycles. The summed E-state index contributed by atoms with van der Waals surface area (Å²) in [6.45, 7) is 8.86. The Morgan fingerprint density at radius 2 is 1.29 bits per heavy atom.